The number of amides is 2. The van der Waals surface area contributed by atoms with Crippen LogP contribution in [0, 0.1) is 0 Å². The predicted molar refractivity (Wildman–Crippen MR) is 55.6 cm³/mol. The second-order valence-corrected chi connectivity index (χ2v) is 3.46. The van der Waals surface area contributed by atoms with Crippen LogP contribution in [0.2, 0.25) is 0 Å². The minimum Gasteiger partial charge on any atom is -0.395 e. The molecule has 0 aromatic carbocycles. The highest BCUT2D eigenvalue weighted by molar-refractivity contribution is 7.13. The van der Waals surface area contributed by atoms with Gasteiger partial charge >= 0.3 is 6.03 Å². The van der Waals surface area contributed by atoms with Crippen LogP contribution in [0.25, 0.3) is 0 Å². The lowest BCUT2D eigenvalue weighted by molar-refractivity contribution is 0.245. The second-order valence-electron chi connectivity index (χ2n) is 2.60. The van der Waals surface area contributed by atoms with E-state index in [2.05, 4.69) is 15.6 Å². The van der Waals surface area contributed by atoms with Gasteiger partial charge in [-0.25, -0.2) is 9.78 Å². The molecule has 78 valence electrons. The van der Waals surface area contributed by atoms with E-state index in [1.807, 2.05) is 12.3 Å². The summed E-state index contributed by atoms with van der Waals surface area (Å²) in [6, 6.07) is -0.337. The highest BCUT2D eigenvalue weighted by atomic mass is 32.1. The lowest BCUT2D eigenvalue weighted by Crippen LogP contribution is -2.30. The normalized spacial score (nSPS) is 9.86. The third-order valence-corrected chi connectivity index (χ3v) is 2.34. The zero-order valence-electron chi connectivity index (χ0n) is 7.91. The summed E-state index contributed by atoms with van der Waals surface area (Å²) >= 11 is 1.39. The first-order valence-corrected chi connectivity index (χ1v) is 5.24. The number of nitrogens with one attached hydrogen (secondary N) is 2. The molecule has 0 saturated heterocycles. The number of hydrogen-bond acceptors (Lipinski definition) is 4. The van der Waals surface area contributed by atoms with Crippen molar-refractivity contribution in [1.29, 1.82) is 0 Å². The molecule has 5 nitrogen and oxygen atoms in total. The summed E-state index contributed by atoms with van der Waals surface area (Å²) < 4.78 is 0. The molecule has 14 heavy (non-hydrogen) atoms. The van der Waals surface area contributed by atoms with Crippen molar-refractivity contribution in [2.75, 3.05) is 18.5 Å². The first-order valence-electron chi connectivity index (χ1n) is 4.36. The maximum atomic E-state index is 11.1. The molecule has 1 aromatic heterocycles. The van der Waals surface area contributed by atoms with Gasteiger partial charge in [0.05, 0.1) is 12.3 Å². The summed E-state index contributed by atoms with van der Waals surface area (Å²) in [7, 11) is 0. The van der Waals surface area contributed by atoms with Gasteiger partial charge in [-0.05, 0) is 6.42 Å². The largest absolute Gasteiger partial charge is 0.395 e. The third-order valence-electron chi connectivity index (χ3n) is 1.53. The minimum atomic E-state index is -0.337. The summed E-state index contributed by atoms with van der Waals surface area (Å²) in [5.74, 6) is 0. The fourth-order valence-corrected chi connectivity index (χ4v) is 1.63. The van der Waals surface area contributed by atoms with Crippen LogP contribution < -0.4 is 10.6 Å². The highest BCUT2D eigenvalue weighted by Gasteiger charge is 2.04. The topological polar surface area (TPSA) is 74.2 Å². The molecule has 0 aliphatic rings. The molecule has 0 fully saturated rings. The summed E-state index contributed by atoms with van der Waals surface area (Å²) in [6.45, 7) is 2.19. The Labute approximate surface area is 86.2 Å². The number of aliphatic hydroxyl groups is 1. The van der Waals surface area contributed by atoms with E-state index in [1.165, 1.54) is 11.3 Å². The SMILES string of the molecule is CCc1csc(NC(=O)NCCO)n1. The lowest BCUT2D eigenvalue weighted by atomic mass is 10.4. The number of aryl methyl sites for hydroxylation is 1. The number of hydrogen-bond donors (Lipinski definition) is 3. The van der Waals surface area contributed by atoms with Crippen molar-refractivity contribution in [1.82, 2.24) is 10.3 Å². The van der Waals surface area contributed by atoms with Gasteiger partial charge in [0.15, 0.2) is 5.13 Å². The number of carbonyl (C=O) groups excluding carboxylic acids is 1. The van der Waals surface area contributed by atoms with Crippen LogP contribution in [0.3, 0.4) is 0 Å². The molecule has 0 spiro atoms. The summed E-state index contributed by atoms with van der Waals surface area (Å²) in [6.07, 6.45) is 0.858. The van der Waals surface area contributed by atoms with Gasteiger partial charge in [-0.15, -0.1) is 11.3 Å². The Hall–Kier alpha value is -1.14. The minimum absolute atomic E-state index is 0.0640. The summed E-state index contributed by atoms with van der Waals surface area (Å²) in [5, 5.41) is 16.0. The molecule has 3 N–H and O–H groups in total. The molecule has 2 amide bonds. The fourth-order valence-electron chi connectivity index (χ4n) is 0.838. The predicted octanol–water partition coefficient (Wildman–Crippen LogP) is 0.819. The number of nitrogens with zero attached hydrogens (tertiary/aromatic N) is 1. The van der Waals surface area contributed by atoms with E-state index in [9.17, 15) is 4.79 Å². The number of carbonyl (C=O) groups is 1. The second kappa shape index (κ2) is 5.56. The zero-order chi connectivity index (χ0) is 10.4. The average Bonchev–Trinajstić information content (AvgIpc) is 2.62. The van der Waals surface area contributed by atoms with Crippen LogP contribution in [0.15, 0.2) is 5.38 Å². The number of aliphatic hydroxyl groups excluding tert-OH is 1. The van der Waals surface area contributed by atoms with E-state index in [1.54, 1.807) is 0 Å². The molecule has 0 aliphatic heterocycles. The van der Waals surface area contributed by atoms with Crippen LogP contribution in [0.5, 0.6) is 0 Å². The van der Waals surface area contributed by atoms with Crippen LogP contribution in [-0.4, -0.2) is 29.3 Å². The van der Waals surface area contributed by atoms with Crippen molar-refractivity contribution >= 4 is 22.5 Å². The van der Waals surface area contributed by atoms with Gasteiger partial charge < -0.3 is 10.4 Å². The Morgan fingerprint density at radius 3 is 3.07 bits per heavy atom. The van der Waals surface area contributed by atoms with Crippen LogP contribution in [0.4, 0.5) is 9.93 Å². The van der Waals surface area contributed by atoms with Gasteiger partial charge in [0.2, 0.25) is 0 Å². The quantitative estimate of drug-likeness (QED) is 0.696. The van der Waals surface area contributed by atoms with Gasteiger partial charge in [-0.3, -0.25) is 5.32 Å². The Morgan fingerprint density at radius 1 is 1.71 bits per heavy atom. The molecule has 0 unspecified atom stereocenters. The first-order chi connectivity index (χ1) is 6.76. The number of anilines is 1. The van der Waals surface area contributed by atoms with Crippen LogP contribution in [-0.2, 0) is 6.42 Å². The molecule has 0 bridgehead atoms. The van der Waals surface area contributed by atoms with Crippen molar-refractivity contribution in [2.24, 2.45) is 0 Å². The van der Waals surface area contributed by atoms with Crippen molar-refractivity contribution in [3.05, 3.63) is 11.1 Å². The smallest absolute Gasteiger partial charge is 0.321 e. The van der Waals surface area contributed by atoms with Gasteiger partial charge in [0, 0.05) is 11.9 Å². The highest BCUT2D eigenvalue weighted by Crippen LogP contribution is 2.15. The monoisotopic (exact) mass is 215 g/mol. The standard InChI is InChI=1S/C8H13N3O2S/c1-2-6-5-14-8(10-6)11-7(13)9-3-4-12/h5,12H,2-4H2,1H3,(H2,9,10,11,13). The van der Waals surface area contributed by atoms with E-state index in [0.717, 1.165) is 12.1 Å². The molecule has 6 heteroatoms. The molecule has 0 aliphatic carbocycles. The van der Waals surface area contributed by atoms with E-state index >= 15 is 0 Å². The zero-order valence-corrected chi connectivity index (χ0v) is 8.73. The maximum absolute atomic E-state index is 11.1. The van der Waals surface area contributed by atoms with Gasteiger partial charge in [0.1, 0.15) is 0 Å². The Morgan fingerprint density at radius 2 is 2.50 bits per heavy atom. The third kappa shape index (κ3) is 3.31. The molecule has 1 rings (SSSR count). The molecule has 1 heterocycles. The van der Waals surface area contributed by atoms with E-state index < -0.39 is 0 Å². The van der Waals surface area contributed by atoms with E-state index in [4.69, 9.17) is 5.11 Å². The van der Waals surface area contributed by atoms with Gasteiger partial charge in [-0.2, -0.15) is 0 Å². The van der Waals surface area contributed by atoms with Gasteiger partial charge in [0.25, 0.3) is 0 Å². The Balaban J connectivity index is 2.39. The fraction of sp³-hybridized carbons (Fsp3) is 0.500. The average molecular weight is 215 g/mol. The molecular weight excluding hydrogens is 202 g/mol. The molecule has 1 aromatic rings. The van der Waals surface area contributed by atoms with Crippen molar-refractivity contribution < 1.29 is 9.90 Å². The summed E-state index contributed by atoms with van der Waals surface area (Å²) in [4.78, 5) is 15.3. The number of aromatic nitrogens is 1. The van der Waals surface area contributed by atoms with Crippen LogP contribution >= 0.6 is 11.3 Å². The summed E-state index contributed by atoms with van der Waals surface area (Å²) in [5.41, 5.74) is 0.965. The lowest BCUT2D eigenvalue weighted by Gasteiger charge is -2.02. The Bertz CT molecular complexity index is 301. The van der Waals surface area contributed by atoms with Crippen molar-refractivity contribution in [3.63, 3.8) is 0 Å². The number of urea groups is 1. The molecule has 0 atom stereocenters. The van der Waals surface area contributed by atoms with Crippen LogP contribution in [0.1, 0.15) is 12.6 Å². The Kier molecular flexibility index (Phi) is 4.34. The van der Waals surface area contributed by atoms with E-state index in [-0.39, 0.29) is 19.2 Å². The van der Waals surface area contributed by atoms with E-state index in [0.29, 0.717) is 5.13 Å². The first kappa shape index (κ1) is 10.9. The van der Waals surface area contributed by atoms with Crippen molar-refractivity contribution in [3.8, 4) is 0 Å². The molecular formula is C8H13N3O2S. The number of thiazole rings is 1. The van der Waals surface area contributed by atoms with Gasteiger partial charge in [-0.1, -0.05) is 6.92 Å². The van der Waals surface area contributed by atoms with Crippen molar-refractivity contribution in [2.45, 2.75) is 13.3 Å². The molecule has 0 saturated carbocycles. The molecule has 0 radical (unpaired) electrons. The maximum Gasteiger partial charge on any atom is 0.321 e. The number of rotatable bonds is 4.